The summed E-state index contributed by atoms with van der Waals surface area (Å²) >= 11 is 0. The molecule has 0 spiro atoms. The number of quaternary nitrogens is 1. The van der Waals surface area contributed by atoms with Crippen molar-refractivity contribution < 1.29 is 37.3 Å². The fourth-order valence-electron chi connectivity index (χ4n) is 7.88. The third-order valence-corrected chi connectivity index (χ3v) is 13.4. The van der Waals surface area contributed by atoms with Crippen LogP contribution in [-0.2, 0) is 27.9 Å². The number of phosphoric ester groups is 1. The Morgan fingerprint density at radius 3 is 1.43 bits per heavy atom. The van der Waals surface area contributed by atoms with Crippen LogP contribution >= 0.6 is 7.82 Å². The summed E-state index contributed by atoms with van der Waals surface area (Å²) in [6.07, 6.45) is 74.8. The van der Waals surface area contributed by atoms with Gasteiger partial charge in [-0.1, -0.05) is 233 Å². The molecule has 0 heterocycles. The van der Waals surface area contributed by atoms with Crippen molar-refractivity contribution in [3.8, 4) is 0 Å². The van der Waals surface area contributed by atoms with Crippen LogP contribution in [0.1, 0.15) is 226 Å². The summed E-state index contributed by atoms with van der Waals surface area (Å²) in [5.41, 5.74) is 0. The smallest absolute Gasteiger partial charge is 0.456 e. The van der Waals surface area contributed by atoms with Gasteiger partial charge in [-0.2, -0.15) is 0 Å². The van der Waals surface area contributed by atoms with Gasteiger partial charge in [0, 0.05) is 12.8 Å². The van der Waals surface area contributed by atoms with E-state index in [2.05, 4.69) is 135 Å². The SMILES string of the molecule is CC/C=C\C/C=C\C/C=C\C/C=C\C/C=C\C/C=C\CCCCCCC(=O)NC(COP(=O)(O)OCC[N+](C)(C)C)C(/C=C\CCCCCCCCCCC)OC(=O)CCCCCCCCC/C=C/C=C/C=C/CC. The van der Waals surface area contributed by atoms with E-state index in [4.69, 9.17) is 13.8 Å². The summed E-state index contributed by atoms with van der Waals surface area (Å²) in [7, 11) is 1.45. The average Bonchev–Trinajstić information content (AvgIpc) is 3.37. The van der Waals surface area contributed by atoms with Crippen molar-refractivity contribution in [1.29, 1.82) is 0 Å². The van der Waals surface area contributed by atoms with Crippen LogP contribution in [-0.4, -0.2) is 74.3 Å². The fourth-order valence-corrected chi connectivity index (χ4v) is 8.62. The molecule has 10 heteroatoms. The molecule has 0 saturated heterocycles. The summed E-state index contributed by atoms with van der Waals surface area (Å²) in [4.78, 5) is 37.6. The van der Waals surface area contributed by atoms with Gasteiger partial charge in [0.25, 0.3) is 0 Å². The molecule has 0 aromatic rings. The van der Waals surface area contributed by atoms with Gasteiger partial charge in [-0.15, -0.1) is 0 Å². The van der Waals surface area contributed by atoms with Gasteiger partial charge in [-0.25, -0.2) is 4.57 Å². The Morgan fingerprint density at radius 2 is 0.920 bits per heavy atom. The first-order valence-electron chi connectivity index (χ1n) is 29.9. The van der Waals surface area contributed by atoms with E-state index in [0.29, 0.717) is 23.9 Å². The summed E-state index contributed by atoms with van der Waals surface area (Å²) in [6.45, 7) is 6.71. The van der Waals surface area contributed by atoms with Crippen molar-refractivity contribution in [1.82, 2.24) is 5.32 Å². The molecule has 2 N–H and O–H groups in total. The van der Waals surface area contributed by atoms with Crippen molar-refractivity contribution in [3.05, 3.63) is 122 Å². The summed E-state index contributed by atoms with van der Waals surface area (Å²) < 4.78 is 30.6. The molecule has 75 heavy (non-hydrogen) atoms. The maximum Gasteiger partial charge on any atom is 0.472 e. The second kappa shape index (κ2) is 53.8. The molecule has 0 aliphatic carbocycles. The van der Waals surface area contributed by atoms with Crippen LogP contribution in [0.3, 0.4) is 0 Å². The van der Waals surface area contributed by atoms with E-state index in [0.717, 1.165) is 122 Å². The average molecular weight is 1060 g/mol. The molecule has 0 radical (unpaired) electrons. The number of nitrogens with one attached hydrogen (secondary N) is 1. The van der Waals surface area contributed by atoms with Crippen LogP contribution in [0.15, 0.2) is 122 Å². The normalized spacial score (nSPS) is 14.6. The lowest BCUT2D eigenvalue weighted by atomic mass is 10.1. The fraction of sp³-hybridized carbons (Fsp3) is 0.662. The maximum atomic E-state index is 13.5. The first-order valence-corrected chi connectivity index (χ1v) is 31.4. The third kappa shape index (κ3) is 55.0. The molecule has 1 amide bonds. The van der Waals surface area contributed by atoms with Gasteiger partial charge in [-0.05, 0) is 102 Å². The van der Waals surface area contributed by atoms with Crippen molar-refractivity contribution in [2.45, 2.75) is 238 Å². The summed E-state index contributed by atoms with van der Waals surface area (Å²) in [5.74, 6) is -0.559. The van der Waals surface area contributed by atoms with E-state index >= 15 is 0 Å². The highest BCUT2D eigenvalue weighted by molar-refractivity contribution is 7.47. The van der Waals surface area contributed by atoms with Gasteiger partial charge in [0.1, 0.15) is 19.3 Å². The number of ether oxygens (including phenoxy) is 1. The molecule has 0 aliphatic heterocycles. The Bertz CT molecular complexity index is 1700. The van der Waals surface area contributed by atoms with Gasteiger partial charge in [0.05, 0.1) is 33.8 Å². The zero-order chi connectivity index (χ0) is 55.0. The van der Waals surface area contributed by atoms with Gasteiger partial charge in [0.2, 0.25) is 5.91 Å². The lowest BCUT2D eigenvalue weighted by Gasteiger charge is -2.27. The molecule has 0 saturated carbocycles. The molecule has 0 bridgehead atoms. The number of hydrogen-bond donors (Lipinski definition) is 2. The summed E-state index contributed by atoms with van der Waals surface area (Å²) in [6, 6.07) is -0.875. The largest absolute Gasteiger partial charge is 0.472 e. The number of carbonyl (C=O) groups is 2. The van der Waals surface area contributed by atoms with E-state index in [-0.39, 0.29) is 31.5 Å². The number of hydrogen-bond acceptors (Lipinski definition) is 6. The van der Waals surface area contributed by atoms with Crippen LogP contribution < -0.4 is 5.32 Å². The van der Waals surface area contributed by atoms with Crippen molar-refractivity contribution in [2.75, 3.05) is 40.9 Å². The molecule has 0 aliphatic rings. The molecule has 0 rings (SSSR count). The number of unbranched alkanes of at least 4 members (excludes halogenated alkanes) is 20. The van der Waals surface area contributed by atoms with Crippen LogP contribution in [0, 0.1) is 0 Å². The van der Waals surface area contributed by atoms with E-state index in [1.54, 1.807) is 0 Å². The Labute approximate surface area is 461 Å². The Balaban J connectivity index is 5.30. The topological polar surface area (TPSA) is 111 Å². The van der Waals surface area contributed by atoms with E-state index in [1.165, 1.54) is 64.2 Å². The molecule has 428 valence electrons. The van der Waals surface area contributed by atoms with Gasteiger partial charge in [0.15, 0.2) is 0 Å². The quantitative estimate of drug-likeness (QED) is 0.0156. The predicted octanol–water partition coefficient (Wildman–Crippen LogP) is 18.3. The molecule has 0 aromatic carbocycles. The molecular formula is C65H112N2O7P+. The first-order chi connectivity index (χ1) is 36.4. The Hall–Kier alpha value is -3.59. The predicted molar refractivity (Wildman–Crippen MR) is 323 cm³/mol. The highest BCUT2D eigenvalue weighted by atomic mass is 31.2. The van der Waals surface area contributed by atoms with E-state index in [9.17, 15) is 19.0 Å². The number of allylic oxidation sites excluding steroid dienone is 19. The molecule has 3 unspecified atom stereocenters. The minimum atomic E-state index is -4.46. The van der Waals surface area contributed by atoms with Crippen LogP contribution in [0.5, 0.6) is 0 Å². The molecule has 9 nitrogen and oxygen atoms in total. The number of carbonyl (C=O) groups excluding carboxylic acids is 2. The van der Waals surface area contributed by atoms with Crippen LogP contribution in [0.25, 0.3) is 0 Å². The maximum absolute atomic E-state index is 13.5. The van der Waals surface area contributed by atoms with Crippen molar-refractivity contribution >= 4 is 19.7 Å². The highest BCUT2D eigenvalue weighted by Crippen LogP contribution is 2.43. The molecule has 0 fully saturated rings. The number of nitrogens with zero attached hydrogens (tertiary/aromatic N) is 1. The minimum Gasteiger partial charge on any atom is -0.456 e. The number of likely N-dealkylation sites (N-methyl/N-ethyl adjacent to an activating group) is 1. The van der Waals surface area contributed by atoms with Crippen LogP contribution in [0.4, 0.5) is 0 Å². The standard InChI is InChI=1S/C65H111N2O7P/c1-7-10-13-16-19-22-25-27-29-30-31-32-33-34-35-36-38-39-42-45-48-51-54-57-64(68)66-62(61-73-75(70,71)72-60-59-67(4,5)6)63(56-53-50-47-44-41-24-21-18-15-12-9-3)74-65(69)58-55-52-49-46-43-40-37-28-26-23-20-17-14-11-8-2/h10-11,13-14,17,19-20,22-23,26-27,29,31-32,34-35,38-39,53,56,62-63H,7-9,12,15-16,18,21,24-25,28,30,33,36-37,40-52,54-55,57-61H2,1-6H3,(H-,66,68,70,71)/p+1/b13-10-,14-11+,20-17+,22-19-,26-23+,29-27-,32-31-,35-34-,39-38-,56-53-. The number of phosphoric acid groups is 1. The molecule has 3 atom stereocenters. The molecule has 0 aromatic heterocycles. The third-order valence-electron chi connectivity index (χ3n) is 12.5. The number of rotatable bonds is 52. The zero-order valence-electron chi connectivity index (χ0n) is 48.7. The van der Waals surface area contributed by atoms with Gasteiger partial charge < -0.3 is 19.4 Å². The second-order valence-corrected chi connectivity index (χ2v) is 22.3. The van der Waals surface area contributed by atoms with Gasteiger partial charge >= 0.3 is 13.8 Å². The van der Waals surface area contributed by atoms with Crippen molar-refractivity contribution in [2.24, 2.45) is 0 Å². The highest BCUT2D eigenvalue weighted by Gasteiger charge is 2.30. The second-order valence-electron chi connectivity index (χ2n) is 20.8. The van der Waals surface area contributed by atoms with Gasteiger partial charge in [-0.3, -0.25) is 18.6 Å². The number of amides is 1. The molecular weight excluding hydrogens is 952 g/mol. The summed E-state index contributed by atoms with van der Waals surface area (Å²) in [5, 5.41) is 3.03. The number of esters is 1. The Kier molecular flexibility index (Phi) is 51.2. The monoisotopic (exact) mass is 1060 g/mol. The Morgan fingerprint density at radius 1 is 0.493 bits per heavy atom. The minimum absolute atomic E-state index is 0.0258. The first kappa shape index (κ1) is 71.4. The lowest BCUT2D eigenvalue weighted by Crippen LogP contribution is -2.47. The van der Waals surface area contributed by atoms with E-state index in [1.807, 2.05) is 33.3 Å². The van der Waals surface area contributed by atoms with Crippen LogP contribution in [0.2, 0.25) is 0 Å². The zero-order valence-corrected chi connectivity index (χ0v) is 49.6. The van der Waals surface area contributed by atoms with Crippen molar-refractivity contribution in [3.63, 3.8) is 0 Å². The van der Waals surface area contributed by atoms with E-state index < -0.39 is 20.0 Å². The lowest BCUT2D eigenvalue weighted by molar-refractivity contribution is -0.870.